The summed E-state index contributed by atoms with van der Waals surface area (Å²) < 4.78 is 2.33. The number of hydrogen-bond donors (Lipinski definition) is 1. The molecule has 0 fully saturated rings. The standard InChI is InChI=1S/C23H28ClN3O/c1-17(2)13-15-27-21-11-6-5-10-20(21)26-22(27)12-7-14-25-23(28)16-18-8-3-4-9-19(18)24/h3-6,8-11,17H,7,12-16H2,1-2H3,(H,25,28). The maximum absolute atomic E-state index is 12.2. The van der Waals surface area contributed by atoms with Crippen molar-refractivity contribution in [3.8, 4) is 0 Å². The second-order valence-corrected chi connectivity index (χ2v) is 7.98. The van der Waals surface area contributed by atoms with E-state index in [9.17, 15) is 4.79 Å². The molecule has 28 heavy (non-hydrogen) atoms. The predicted octanol–water partition coefficient (Wildman–Crippen LogP) is 5.03. The molecular weight excluding hydrogens is 370 g/mol. The van der Waals surface area contributed by atoms with Gasteiger partial charge < -0.3 is 9.88 Å². The molecule has 3 aromatic rings. The van der Waals surface area contributed by atoms with E-state index < -0.39 is 0 Å². The van der Waals surface area contributed by atoms with Crippen molar-refractivity contribution in [1.29, 1.82) is 0 Å². The van der Waals surface area contributed by atoms with Crippen molar-refractivity contribution in [2.45, 2.75) is 46.1 Å². The topological polar surface area (TPSA) is 46.9 Å². The van der Waals surface area contributed by atoms with Crippen LogP contribution in [0.15, 0.2) is 48.5 Å². The van der Waals surface area contributed by atoms with Crippen LogP contribution >= 0.6 is 11.6 Å². The molecule has 0 saturated heterocycles. The lowest BCUT2D eigenvalue weighted by atomic mass is 10.1. The largest absolute Gasteiger partial charge is 0.356 e. The first-order valence-electron chi connectivity index (χ1n) is 9.99. The van der Waals surface area contributed by atoms with Gasteiger partial charge in [0.15, 0.2) is 0 Å². The lowest BCUT2D eigenvalue weighted by Crippen LogP contribution is -2.26. The van der Waals surface area contributed by atoms with Crippen molar-refractivity contribution in [1.82, 2.24) is 14.9 Å². The summed E-state index contributed by atoms with van der Waals surface area (Å²) in [5.74, 6) is 1.75. The number of imidazole rings is 1. The maximum atomic E-state index is 12.2. The highest BCUT2D eigenvalue weighted by Gasteiger charge is 2.11. The van der Waals surface area contributed by atoms with Crippen molar-refractivity contribution in [3.63, 3.8) is 0 Å². The van der Waals surface area contributed by atoms with Crippen molar-refractivity contribution in [2.75, 3.05) is 6.54 Å². The van der Waals surface area contributed by atoms with Crippen LogP contribution in [0.5, 0.6) is 0 Å². The van der Waals surface area contributed by atoms with Gasteiger partial charge in [0.25, 0.3) is 0 Å². The summed E-state index contributed by atoms with van der Waals surface area (Å²) in [6, 6.07) is 15.8. The molecule has 0 saturated carbocycles. The van der Waals surface area contributed by atoms with Crippen LogP contribution in [0.3, 0.4) is 0 Å². The van der Waals surface area contributed by atoms with Gasteiger partial charge in [-0.2, -0.15) is 0 Å². The molecule has 1 amide bonds. The average molecular weight is 398 g/mol. The first kappa shape index (κ1) is 20.4. The summed E-state index contributed by atoms with van der Waals surface area (Å²) in [7, 11) is 0. The van der Waals surface area contributed by atoms with Gasteiger partial charge in [0.2, 0.25) is 5.91 Å². The van der Waals surface area contributed by atoms with E-state index >= 15 is 0 Å². The molecule has 0 unspecified atom stereocenters. The Morgan fingerprint density at radius 2 is 1.89 bits per heavy atom. The number of rotatable bonds is 9. The van der Waals surface area contributed by atoms with Gasteiger partial charge in [-0.15, -0.1) is 0 Å². The summed E-state index contributed by atoms with van der Waals surface area (Å²) in [6.07, 6.45) is 3.15. The first-order chi connectivity index (χ1) is 13.5. The van der Waals surface area contributed by atoms with Gasteiger partial charge in [-0.3, -0.25) is 4.79 Å². The molecule has 0 spiro atoms. The Morgan fingerprint density at radius 3 is 2.68 bits per heavy atom. The third kappa shape index (κ3) is 5.35. The second-order valence-electron chi connectivity index (χ2n) is 7.57. The van der Waals surface area contributed by atoms with Gasteiger partial charge in [0.1, 0.15) is 5.82 Å². The van der Waals surface area contributed by atoms with E-state index in [1.807, 2.05) is 30.3 Å². The Hall–Kier alpha value is -2.33. The molecule has 4 nitrogen and oxygen atoms in total. The molecule has 0 aliphatic heterocycles. The van der Waals surface area contributed by atoms with E-state index in [2.05, 4.69) is 41.9 Å². The molecule has 1 aromatic heterocycles. The Balaban J connectivity index is 1.55. The number of benzene rings is 2. The number of amides is 1. The van der Waals surface area contributed by atoms with Crippen molar-refractivity contribution in [3.05, 3.63) is 64.9 Å². The minimum atomic E-state index is 0.00131. The highest BCUT2D eigenvalue weighted by Crippen LogP contribution is 2.19. The van der Waals surface area contributed by atoms with Crippen molar-refractivity contribution < 1.29 is 4.79 Å². The van der Waals surface area contributed by atoms with Crippen LogP contribution in [0, 0.1) is 5.92 Å². The third-order valence-corrected chi connectivity index (χ3v) is 5.24. The Bertz CT molecular complexity index is 932. The number of para-hydroxylation sites is 2. The average Bonchev–Trinajstić information content (AvgIpc) is 3.03. The summed E-state index contributed by atoms with van der Waals surface area (Å²) in [5.41, 5.74) is 3.10. The number of nitrogens with one attached hydrogen (secondary N) is 1. The van der Waals surface area contributed by atoms with E-state index in [4.69, 9.17) is 16.6 Å². The molecule has 3 rings (SSSR count). The Labute approximate surface area is 171 Å². The number of nitrogens with zero attached hydrogens (tertiary/aromatic N) is 2. The molecular formula is C23H28ClN3O. The minimum Gasteiger partial charge on any atom is -0.356 e. The van der Waals surface area contributed by atoms with Gasteiger partial charge in [0.05, 0.1) is 17.5 Å². The lowest BCUT2D eigenvalue weighted by Gasteiger charge is -2.11. The zero-order chi connectivity index (χ0) is 19.9. The van der Waals surface area contributed by atoms with Gasteiger partial charge in [-0.1, -0.05) is 55.8 Å². The van der Waals surface area contributed by atoms with Crippen LogP contribution in [0.1, 0.15) is 38.1 Å². The van der Waals surface area contributed by atoms with Gasteiger partial charge >= 0.3 is 0 Å². The highest BCUT2D eigenvalue weighted by molar-refractivity contribution is 6.31. The summed E-state index contributed by atoms with van der Waals surface area (Å²) in [5, 5.41) is 3.63. The number of carbonyl (C=O) groups excluding carboxylic acids is 1. The van der Waals surface area contributed by atoms with E-state index in [-0.39, 0.29) is 5.91 Å². The summed E-state index contributed by atoms with van der Waals surface area (Å²) in [6.45, 7) is 6.10. The molecule has 0 bridgehead atoms. The van der Waals surface area contributed by atoms with E-state index in [1.54, 1.807) is 0 Å². The van der Waals surface area contributed by atoms with Crippen molar-refractivity contribution >= 4 is 28.5 Å². The van der Waals surface area contributed by atoms with Crippen LogP contribution in [0.25, 0.3) is 11.0 Å². The van der Waals surface area contributed by atoms with E-state index in [0.717, 1.165) is 42.7 Å². The number of fused-ring (bicyclic) bond motifs is 1. The van der Waals surface area contributed by atoms with Crippen molar-refractivity contribution in [2.24, 2.45) is 5.92 Å². The number of halogens is 1. The monoisotopic (exact) mass is 397 g/mol. The number of carbonyl (C=O) groups is 1. The number of aromatic nitrogens is 2. The van der Waals surface area contributed by atoms with Gasteiger partial charge in [0, 0.05) is 24.5 Å². The highest BCUT2D eigenvalue weighted by atomic mass is 35.5. The molecule has 1 heterocycles. The molecule has 0 atom stereocenters. The van der Waals surface area contributed by atoms with Crippen LogP contribution < -0.4 is 5.32 Å². The SMILES string of the molecule is CC(C)CCn1c(CCCNC(=O)Cc2ccccc2Cl)nc2ccccc21. The van der Waals surface area contributed by atoms with Crippen LogP contribution in [0.2, 0.25) is 5.02 Å². The molecule has 2 aromatic carbocycles. The number of aryl methyl sites for hydroxylation is 2. The zero-order valence-electron chi connectivity index (χ0n) is 16.6. The molecule has 0 aliphatic carbocycles. The fourth-order valence-electron chi connectivity index (χ4n) is 3.30. The fraction of sp³-hybridized carbons (Fsp3) is 0.391. The number of hydrogen-bond acceptors (Lipinski definition) is 2. The second kappa shape index (κ2) is 9.74. The lowest BCUT2D eigenvalue weighted by molar-refractivity contribution is -0.120. The van der Waals surface area contributed by atoms with Crippen LogP contribution in [-0.4, -0.2) is 22.0 Å². The Kier molecular flexibility index (Phi) is 7.10. The summed E-state index contributed by atoms with van der Waals surface area (Å²) in [4.78, 5) is 17.0. The smallest absolute Gasteiger partial charge is 0.224 e. The zero-order valence-corrected chi connectivity index (χ0v) is 17.4. The maximum Gasteiger partial charge on any atom is 0.224 e. The molecule has 0 aliphatic rings. The molecule has 5 heteroatoms. The van der Waals surface area contributed by atoms with Gasteiger partial charge in [-0.25, -0.2) is 4.98 Å². The minimum absolute atomic E-state index is 0.00131. The summed E-state index contributed by atoms with van der Waals surface area (Å²) >= 11 is 6.13. The quantitative estimate of drug-likeness (QED) is 0.515. The normalized spacial score (nSPS) is 11.3. The van der Waals surface area contributed by atoms with E-state index in [1.165, 1.54) is 5.52 Å². The molecule has 1 N–H and O–H groups in total. The predicted molar refractivity (Wildman–Crippen MR) is 116 cm³/mol. The van der Waals surface area contributed by atoms with Crippen LogP contribution in [0.4, 0.5) is 0 Å². The molecule has 148 valence electrons. The first-order valence-corrected chi connectivity index (χ1v) is 10.4. The Morgan fingerprint density at radius 1 is 1.14 bits per heavy atom. The van der Waals surface area contributed by atoms with Gasteiger partial charge in [-0.05, 0) is 42.5 Å². The fourth-order valence-corrected chi connectivity index (χ4v) is 3.51. The van der Waals surface area contributed by atoms with E-state index in [0.29, 0.717) is 23.9 Å². The van der Waals surface area contributed by atoms with Crippen LogP contribution in [-0.2, 0) is 24.2 Å². The third-order valence-electron chi connectivity index (χ3n) is 4.87. The molecule has 0 radical (unpaired) electrons.